The van der Waals surface area contributed by atoms with Crippen molar-refractivity contribution in [1.29, 1.82) is 0 Å². The van der Waals surface area contributed by atoms with Crippen LogP contribution in [0, 0.1) is 0 Å². The van der Waals surface area contributed by atoms with Crippen LogP contribution >= 0.6 is 22.6 Å². The fourth-order valence-corrected chi connectivity index (χ4v) is 2.35. The molecule has 1 unspecified atom stereocenters. The fraction of sp³-hybridized carbons (Fsp3) is 0.400. The van der Waals surface area contributed by atoms with Gasteiger partial charge in [0.25, 0.3) is 5.91 Å². The second kappa shape index (κ2) is 4.34. The van der Waals surface area contributed by atoms with Gasteiger partial charge in [0, 0.05) is 17.0 Å². The van der Waals surface area contributed by atoms with Crippen LogP contribution in [0.5, 0.6) is 0 Å². The zero-order chi connectivity index (χ0) is 10.8. The molecule has 1 atom stereocenters. The Balaban J connectivity index is 2.11. The molecular formula is C10H12IN3O. The highest BCUT2D eigenvalue weighted by atomic mass is 127. The first-order chi connectivity index (χ1) is 7.16. The van der Waals surface area contributed by atoms with Gasteiger partial charge in [0.2, 0.25) is 0 Å². The summed E-state index contributed by atoms with van der Waals surface area (Å²) in [6.45, 7) is 1.66. The van der Waals surface area contributed by atoms with Gasteiger partial charge in [-0.25, -0.2) is 4.98 Å². The van der Waals surface area contributed by atoms with Crippen LogP contribution in [-0.2, 0) is 0 Å². The van der Waals surface area contributed by atoms with Gasteiger partial charge in [-0.05, 0) is 18.6 Å². The minimum atomic E-state index is 0.00849. The number of carbonyl (C=O) groups is 1. The van der Waals surface area contributed by atoms with Gasteiger partial charge in [0.15, 0.2) is 0 Å². The summed E-state index contributed by atoms with van der Waals surface area (Å²) in [7, 11) is 0. The van der Waals surface area contributed by atoms with Crippen LogP contribution in [-0.4, -0.2) is 32.8 Å². The molecule has 2 N–H and O–H groups in total. The van der Waals surface area contributed by atoms with Crippen molar-refractivity contribution in [3.8, 4) is 0 Å². The molecule has 5 heteroatoms. The lowest BCUT2D eigenvalue weighted by atomic mass is 10.3. The third kappa shape index (κ3) is 2.39. The second-order valence-corrected chi connectivity index (χ2v) is 5.38. The molecular weight excluding hydrogens is 305 g/mol. The highest BCUT2D eigenvalue weighted by molar-refractivity contribution is 14.1. The summed E-state index contributed by atoms with van der Waals surface area (Å²) in [5.74, 6) is 0.00849. The van der Waals surface area contributed by atoms with Crippen LogP contribution in [0.2, 0.25) is 0 Å². The minimum absolute atomic E-state index is 0.00849. The molecule has 0 aromatic carbocycles. The number of anilines is 1. The topological polar surface area (TPSA) is 59.2 Å². The molecule has 4 nitrogen and oxygen atoms in total. The maximum Gasteiger partial charge on any atom is 0.272 e. The molecule has 1 aromatic heterocycles. The molecule has 0 bridgehead atoms. The quantitative estimate of drug-likeness (QED) is 0.628. The molecule has 1 amide bonds. The number of carbonyl (C=O) groups excluding carboxylic acids is 1. The lowest BCUT2D eigenvalue weighted by Crippen LogP contribution is -2.29. The van der Waals surface area contributed by atoms with Gasteiger partial charge in [-0.2, -0.15) is 0 Å². The highest BCUT2D eigenvalue weighted by Gasteiger charge is 2.25. The van der Waals surface area contributed by atoms with E-state index < -0.39 is 0 Å². The fourth-order valence-electron chi connectivity index (χ4n) is 1.60. The number of hydrogen-bond acceptors (Lipinski definition) is 3. The van der Waals surface area contributed by atoms with Crippen molar-refractivity contribution in [3.63, 3.8) is 0 Å². The smallest absolute Gasteiger partial charge is 0.272 e. The molecule has 2 rings (SSSR count). The molecule has 15 heavy (non-hydrogen) atoms. The van der Waals surface area contributed by atoms with Crippen molar-refractivity contribution < 1.29 is 4.79 Å². The van der Waals surface area contributed by atoms with E-state index in [0.29, 0.717) is 15.3 Å². The van der Waals surface area contributed by atoms with Crippen LogP contribution in [0.1, 0.15) is 16.9 Å². The van der Waals surface area contributed by atoms with E-state index in [4.69, 9.17) is 5.73 Å². The SMILES string of the molecule is Nc1ccc(C(=O)N2CCC(I)C2)nc1. The first kappa shape index (κ1) is 10.7. The Kier molecular flexibility index (Phi) is 3.08. The number of aromatic nitrogens is 1. The number of rotatable bonds is 1. The number of likely N-dealkylation sites (tertiary alicyclic amines) is 1. The Hall–Kier alpha value is -0.850. The van der Waals surface area contributed by atoms with Crippen molar-refractivity contribution in [2.24, 2.45) is 0 Å². The first-order valence-corrected chi connectivity index (χ1v) is 6.06. The molecule has 1 aliphatic heterocycles. The maximum absolute atomic E-state index is 11.9. The summed E-state index contributed by atoms with van der Waals surface area (Å²) in [5, 5.41) is 0. The zero-order valence-electron chi connectivity index (χ0n) is 8.19. The highest BCUT2D eigenvalue weighted by Crippen LogP contribution is 2.18. The predicted molar refractivity (Wildman–Crippen MR) is 67.0 cm³/mol. The van der Waals surface area contributed by atoms with Gasteiger partial charge >= 0.3 is 0 Å². The summed E-state index contributed by atoms with van der Waals surface area (Å²) in [6, 6.07) is 3.38. The van der Waals surface area contributed by atoms with Crippen LogP contribution in [0.3, 0.4) is 0 Å². The Labute approximate surface area is 102 Å². The third-order valence-electron chi connectivity index (χ3n) is 2.42. The van der Waals surface area contributed by atoms with Gasteiger partial charge in [-0.3, -0.25) is 4.79 Å². The van der Waals surface area contributed by atoms with Gasteiger partial charge in [0.05, 0.1) is 11.9 Å². The van der Waals surface area contributed by atoms with Gasteiger partial charge < -0.3 is 10.6 Å². The number of hydrogen-bond donors (Lipinski definition) is 1. The molecule has 0 radical (unpaired) electrons. The molecule has 1 aromatic rings. The van der Waals surface area contributed by atoms with E-state index in [-0.39, 0.29) is 5.91 Å². The molecule has 0 saturated carbocycles. The van der Waals surface area contributed by atoms with Crippen molar-refractivity contribution in [1.82, 2.24) is 9.88 Å². The number of pyridine rings is 1. The zero-order valence-corrected chi connectivity index (χ0v) is 10.3. The summed E-state index contributed by atoms with van der Waals surface area (Å²) in [5.41, 5.74) is 6.58. The Morgan fingerprint density at radius 1 is 1.60 bits per heavy atom. The second-order valence-electron chi connectivity index (χ2n) is 3.61. The number of amides is 1. The van der Waals surface area contributed by atoms with E-state index in [1.165, 1.54) is 6.20 Å². The lowest BCUT2D eigenvalue weighted by Gasteiger charge is -2.14. The maximum atomic E-state index is 11.9. The standard InChI is InChI=1S/C10H12IN3O/c11-7-3-4-14(6-7)10(15)9-2-1-8(12)5-13-9/h1-2,5,7H,3-4,6,12H2. The van der Waals surface area contributed by atoms with E-state index in [9.17, 15) is 4.79 Å². The lowest BCUT2D eigenvalue weighted by molar-refractivity contribution is 0.0788. The Morgan fingerprint density at radius 2 is 2.40 bits per heavy atom. The minimum Gasteiger partial charge on any atom is -0.397 e. The normalized spacial score (nSPS) is 20.6. The molecule has 1 saturated heterocycles. The van der Waals surface area contributed by atoms with Crippen LogP contribution in [0.4, 0.5) is 5.69 Å². The van der Waals surface area contributed by atoms with Crippen molar-refractivity contribution in [2.75, 3.05) is 18.8 Å². The molecule has 1 aliphatic rings. The van der Waals surface area contributed by atoms with Gasteiger partial charge in [0.1, 0.15) is 5.69 Å². The summed E-state index contributed by atoms with van der Waals surface area (Å²) in [4.78, 5) is 17.8. The first-order valence-electron chi connectivity index (χ1n) is 4.81. The van der Waals surface area contributed by atoms with Gasteiger partial charge in [-0.15, -0.1) is 0 Å². The van der Waals surface area contributed by atoms with Crippen LogP contribution in [0.15, 0.2) is 18.3 Å². The molecule has 0 spiro atoms. The van der Waals surface area contributed by atoms with E-state index in [1.54, 1.807) is 12.1 Å². The molecule has 2 heterocycles. The monoisotopic (exact) mass is 317 g/mol. The van der Waals surface area contributed by atoms with Crippen molar-refractivity contribution >= 4 is 34.2 Å². The summed E-state index contributed by atoms with van der Waals surface area (Å²) in [6.07, 6.45) is 2.59. The molecule has 1 fully saturated rings. The largest absolute Gasteiger partial charge is 0.397 e. The van der Waals surface area contributed by atoms with E-state index in [1.807, 2.05) is 4.90 Å². The number of nitrogens with two attached hydrogens (primary N) is 1. The van der Waals surface area contributed by atoms with Crippen LogP contribution in [0.25, 0.3) is 0 Å². The summed E-state index contributed by atoms with van der Waals surface area (Å²) >= 11 is 2.37. The van der Waals surface area contributed by atoms with E-state index in [2.05, 4.69) is 27.6 Å². The van der Waals surface area contributed by atoms with Gasteiger partial charge in [-0.1, -0.05) is 22.6 Å². The van der Waals surface area contributed by atoms with Crippen molar-refractivity contribution in [3.05, 3.63) is 24.0 Å². The number of halogens is 1. The number of nitrogens with zero attached hydrogens (tertiary/aromatic N) is 2. The van der Waals surface area contributed by atoms with Crippen molar-refractivity contribution in [2.45, 2.75) is 10.3 Å². The number of alkyl halides is 1. The predicted octanol–water partition coefficient (Wildman–Crippen LogP) is 1.31. The summed E-state index contributed by atoms with van der Waals surface area (Å²) < 4.78 is 0.570. The van der Waals surface area contributed by atoms with E-state index in [0.717, 1.165) is 19.5 Å². The molecule has 0 aliphatic carbocycles. The average molecular weight is 317 g/mol. The molecule has 80 valence electrons. The van der Waals surface area contributed by atoms with Crippen LogP contribution < -0.4 is 5.73 Å². The average Bonchev–Trinajstić information content (AvgIpc) is 2.65. The Bertz CT molecular complexity index is 365. The third-order valence-corrected chi connectivity index (χ3v) is 3.44. The Morgan fingerprint density at radius 3 is 2.93 bits per heavy atom. The van der Waals surface area contributed by atoms with E-state index >= 15 is 0 Å². The number of nitrogen functional groups attached to an aromatic ring is 1.